The zero-order chi connectivity index (χ0) is 10.2. The largest absolute Gasteiger partial charge is 0.0779 e. The summed E-state index contributed by atoms with van der Waals surface area (Å²) in [6.07, 6.45) is 0. The zero-order valence-corrected chi connectivity index (χ0v) is 11.2. The van der Waals surface area contributed by atoms with E-state index in [4.69, 9.17) is 0 Å². The van der Waals surface area contributed by atoms with Crippen LogP contribution in [0.3, 0.4) is 0 Å². The molecule has 13 heavy (non-hydrogen) atoms. The predicted octanol–water partition coefficient (Wildman–Crippen LogP) is 1.64. The van der Waals surface area contributed by atoms with Crippen LogP contribution < -0.4 is 10.4 Å². The van der Waals surface area contributed by atoms with E-state index in [1.807, 2.05) is 0 Å². The highest BCUT2D eigenvalue weighted by molar-refractivity contribution is 6.89. The highest BCUT2D eigenvalue weighted by Gasteiger charge is 2.19. The molecule has 0 atom stereocenters. The molecule has 0 spiro atoms. The van der Waals surface area contributed by atoms with Gasteiger partial charge in [0, 0.05) is 0 Å². The van der Waals surface area contributed by atoms with E-state index in [0.717, 1.165) is 0 Å². The molecule has 0 bridgehead atoms. The van der Waals surface area contributed by atoms with Gasteiger partial charge in [0.05, 0.1) is 18.3 Å². The number of aryl methyl sites for hydroxylation is 1. The molecule has 0 nitrogen and oxygen atoms in total. The molecule has 0 aliphatic carbocycles. The molecule has 0 unspecified atom stereocenters. The Morgan fingerprint density at radius 2 is 1.62 bits per heavy atom. The average Bonchev–Trinajstić information content (AvgIpc) is 1.94. The number of hydrogen-bond donors (Lipinski definition) is 0. The van der Waals surface area contributed by atoms with E-state index in [2.05, 4.69) is 55.9 Å². The molecule has 0 fully saturated rings. The second-order valence-corrected chi connectivity index (χ2v) is 10.3. The molecule has 0 saturated carbocycles. The summed E-state index contributed by atoms with van der Waals surface area (Å²) in [7, 11) is 2.49. The molecule has 0 aliphatic heterocycles. The van der Waals surface area contributed by atoms with Crippen LogP contribution in [0.1, 0.15) is 11.1 Å². The van der Waals surface area contributed by atoms with Crippen molar-refractivity contribution in [1.82, 2.24) is 0 Å². The maximum Gasteiger partial charge on any atom is 0.0779 e. The van der Waals surface area contributed by atoms with Crippen molar-refractivity contribution in [2.45, 2.75) is 33.5 Å². The van der Waals surface area contributed by atoms with E-state index in [1.165, 1.54) is 16.3 Å². The van der Waals surface area contributed by atoms with E-state index in [0.29, 0.717) is 0 Å². The number of benzene rings is 1. The van der Waals surface area contributed by atoms with E-state index in [1.54, 1.807) is 5.19 Å². The average molecular weight is 205 g/mol. The number of hydrogen-bond acceptors (Lipinski definition) is 0. The monoisotopic (exact) mass is 205 g/mol. The summed E-state index contributed by atoms with van der Waals surface area (Å²) in [5, 5.41) is 2.81. The van der Waals surface area contributed by atoms with Crippen LogP contribution in [0.25, 0.3) is 0 Å². The third-order valence-corrected chi connectivity index (χ3v) is 5.01. The van der Waals surface area contributed by atoms with Crippen molar-refractivity contribution < 1.29 is 0 Å². The highest BCUT2D eigenvalue weighted by atomic mass is 28.3. The lowest BCUT2D eigenvalue weighted by atomic mass is 10.2. The maximum atomic E-state index is 3.66. The Labute approximate surface area is 85.8 Å². The van der Waals surface area contributed by atoms with Crippen molar-refractivity contribution in [3.05, 3.63) is 23.3 Å². The fraction of sp³-hybridized carbons (Fsp3) is 0.455. The molecule has 0 aliphatic rings. The van der Waals surface area contributed by atoms with Crippen LogP contribution in [0.5, 0.6) is 0 Å². The smallest absolute Gasteiger partial charge is 0.0656 e. The molecule has 0 saturated heterocycles. The van der Waals surface area contributed by atoms with Gasteiger partial charge in [0.1, 0.15) is 0 Å². The Hall–Kier alpha value is -0.346. The number of rotatable bonds is 1. The van der Waals surface area contributed by atoms with Gasteiger partial charge < -0.3 is 0 Å². The van der Waals surface area contributed by atoms with Crippen molar-refractivity contribution >= 4 is 28.7 Å². The van der Waals surface area contributed by atoms with Gasteiger partial charge in [0.25, 0.3) is 0 Å². The Bertz CT molecular complexity index is 322. The third-order valence-electron chi connectivity index (χ3n) is 2.36. The Morgan fingerprint density at radius 3 is 2.08 bits per heavy atom. The molecular formula is C11H17Si2. The third kappa shape index (κ3) is 2.32. The van der Waals surface area contributed by atoms with Crippen LogP contribution in [0.2, 0.25) is 19.6 Å². The van der Waals surface area contributed by atoms with Crippen molar-refractivity contribution in [2.24, 2.45) is 0 Å². The minimum Gasteiger partial charge on any atom is -0.0656 e. The molecule has 3 radical (unpaired) electrons. The Balaban J connectivity index is 3.37. The van der Waals surface area contributed by atoms with Crippen molar-refractivity contribution in [1.29, 1.82) is 0 Å². The van der Waals surface area contributed by atoms with Crippen LogP contribution in [0.4, 0.5) is 0 Å². The van der Waals surface area contributed by atoms with Crippen LogP contribution in [0, 0.1) is 13.8 Å². The zero-order valence-electron chi connectivity index (χ0n) is 9.15. The van der Waals surface area contributed by atoms with Gasteiger partial charge in [-0.2, -0.15) is 0 Å². The first-order chi connectivity index (χ1) is 5.82. The van der Waals surface area contributed by atoms with Gasteiger partial charge in [-0.15, -0.1) is 0 Å². The van der Waals surface area contributed by atoms with E-state index in [9.17, 15) is 0 Å². The summed E-state index contributed by atoms with van der Waals surface area (Å²) in [5.74, 6) is 0. The quantitative estimate of drug-likeness (QED) is 0.612. The molecule has 0 amide bonds. The van der Waals surface area contributed by atoms with Gasteiger partial charge >= 0.3 is 0 Å². The fourth-order valence-electron chi connectivity index (χ4n) is 1.64. The van der Waals surface area contributed by atoms with Crippen molar-refractivity contribution in [2.75, 3.05) is 0 Å². The SMILES string of the molecule is Cc1cc([Si])c(C)c([Si](C)(C)C)c1. The molecule has 69 valence electrons. The Kier molecular flexibility index (Phi) is 2.83. The second-order valence-electron chi connectivity index (χ2n) is 4.74. The van der Waals surface area contributed by atoms with Crippen LogP contribution in [-0.4, -0.2) is 18.3 Å². The van der Waals surface area contributed by atoms with Crippen LogP contribution >= 0.6 is 0 Å². The molecule has 2 heteroatoms. The summed E-state index contributed by atoms with van der Waals surface area (Å²) >= 11 is 0. The minimum absolute atomic E-state index is 1.17. The van der Waals surface area contributed by atoms with Gasteiger partial charge in [0.2, 0.25) is 0 Å². The molecule has 0 heterocycles. The van der Waals surface area contributed by atoms with Gasteiger partial charge in [0.15, 0.2) is 0 Å². The lowest BCUT2D eigenvalue weighted by Gasteiger charge is -2.21. The standard InChI is InChI=1S/C11H17Si2/c1-8-6-10(12)9(2)11(7-8)13(3,4)5/h6-7H,1-5H3. The summed E-state index contributed by atoms with van der Waals surface area (Å²) < 4.78 is 0. The lowest BCUT2D eigenvalue weighted by Crippen LogP contribution is -2.42. The van der Waals surface area contributed by atoms with Crippen molar-refractivity contribution in [3.63, 3.8) is 0 Å². The molecular weight excluding hydrogens is 188 g/mol. The van der Waals surface area contributed by atoms with E-state index >= 15 is 0 Å². The summed E-state index contributed by atoms with van der Waals surface area (Å²) in [5.41, 5.74) is 2.77. The second kappa shape index (κ2) is 3.42. The Morgan fingerprint density at radius 1 is 1.08 bits per heavy atom. The van der Waals surface area contributed by atoms with Gasteiger partial charge in [-0.25, -0.2) is 0 Å². The normalized spacial score (nSPS) is 11.8. The lowest BCUT2D eigenvalue weighted by molar-refractivity contribution is 1.44. The van der Waals surface area contributed by atoms with Gasteiger partial charge in [-0.1, -0.05) is 53.3 Å². The highest BCUT2D eigenvalue weighted by Crippen LogP contribution is 2.06. The molecule has 1 rings (SSSR count). The summed E-state index contributed by atoms with van der Waals surface area (Å²) in [4.78, 5) is 0. The van der Waals surface area contributed by atoms with E-state index in [-0.39, 0.29) is 0 Å². The van der Waals surface area contributed by atoms with Gasteiger partial charge in [-0.3, -0.25) is 0 Å². The minimum atomic E-state index is -1.17. The first kappa shape index (κ1) is 10.7. The fourth-order valence-corrected chi connectivity index (χ4v) is 4.05. The molecule has 0 aromatic heterocycles. The topological polar surface area (TPSA) is 0 Å². The molecule has 0 N–H and O–H groups in total. The first-order valence-electron chi connectivity index (χ1n) is 4.65. The van der Waals surface area contributed by atoms with Crippen LogP contribution in [0.15, 0.2) is 12.1 Å². The predicted molar refractivity (Wildman–Crippen MR) is 64.3 cm³/mol. The van der Waals surface area contributed by atoms with Gasteiger partial charge in [-0.05, 0) is 13.8 Å². The van der Waals surface area contributed by atoms with E-state index < -0.39 is 8.07 Å². The van der Waals surface area contributed by atoms with Crippen LogP contribution in [-0.2, 0) is 0 Å². The summed E-state index contributed by atoms with van der Waals surface area (Å²) in [6, 6.07) is 4.53. The molecule has 1 aromatic carbocycles. The molecule has 1 aromatic rings. The summed E-state index contributed by atoms with van der Waals surface area (Å²) in [6.45, 7) is 11.5. The first-order valence-corrected chi connectivity index (χ1v) is 8.65. The maximum absolute atomic E-state index is 3.66. The van der Waals surface area contributed by atoms with Crippen molar-refractivity contribution in [3.8, 4) is 0 Å².